The number of carbonyl (C=O) groups excluding carboxylic acids is 1. The predicted molar refractivity (Wildman–Crippen MR) is 77.8 cm³/mol. The highest BCUT2D eigenvalue weighted by Crippen LogP contribution is 2.24. The third-order valence-electron chi connectivity index (χ3n) is 4.54. The Hall–Kier alpha value is -0.610. The van der Waals surface area contributed by atoms with Gasteiger partial charge in [-0.3, -0.25) is 10.1 Å². The molecule has 0 aromatic heterocycles. The van der Waals surface area contributed by atoms with E-state index in [0.29, 0.717) is 17.9 Å². The number of carbonyl (C=O) groups is 1. The molecular weight excluding hydrogens is 238 g/mol. The molecule has 0 aromatic rings. The van der Waals surface area contributed by atoms with Crippen LogP contribution in [0.4, 0.5) is 0 Å². The van der Waals surface area contributed by atoms with E-state index in [-0.39, 0.29) is 18.1 Å². The summed E-state index contributed by atoms with van der Waals surface area (Å²) in [5.41, 5.74) is 0. The summed E-state index contributed by atoms with van der Waals surface area (Å²) in [4.78, 5) is 16.9. The molecule has 2 rings (SSSR count). The van der Waals surface area contributed by atoms with Crippen LogP contribution in [0.1, 0.15) is 41.0 Å². The average Bonchev–Trinajstić information content (AvgIpc) is 2.89. The van der Waals surface area contributed by atoms with E-state index in [2.05, 4.69) is 42.8 Å². The van der Waals surface area contributed by atoms with Gasteiger partial charge in [0, 0.05) is 19.1 Å². The molecular formula is C15H29N3O. The molecule has 1 amide bonds. The number of nitrogens with one attached hydrogen (secondary N) is 1. The van der Waals surface area contributed by atoms with Crippen molar-refractivity contribution < 1.29 is 4.79 Å². The average molecular weight is 267 g/mol. The predicted octanol–water partition coefficient (Wildman–Crippen LogP) is 1.52. The van der Waals surface area contributed by atoms with E-state index >= 15 is 0 Å². The zero-order chi connectivity index (χ0) is 14.2. The first kappa shape index (κ1) is 14.8. The van der Waals surface area contributed by atoms with Gasteiger partial charge in [0.15, 0.2) is 0 Å². The van der Waals surface area contributed by atoms with Crippen molar-refractivity contribution in [2.45, 2.75) is 59.3 Å². The smallest absolute Gasteiger partial charge is 0.240 e. The van der Waals surface area contributed by atoms with Gasteiger partial charge in [0.1, 0.15) is 0 Å². The Morgan fingerprint density at radius 3 is 2.53 bits per heavy atom. The molecule has 0 radical (unpaired) electrons. The summed E-state index contributed by atoms with van der Waals surface area (Å²) < 4.78 is 0. The minimum absolute atomic E-state index is 0.0185. The summed E-state index contributed by atoms with van der Waals surface area (Å²) in [6, 6.07) is 0.604. The normalized spacial score (nSPS) is 33.1. The molecule has 4 nitrogen and oxygen atoms in total. The number of rotatable bonds is 4. The highest BCUT2D eigenvalue weighted by atomic mass is 16.2. The molecule has 1 N–H and O–H groups in total. The van der Waals surface area contributed by atoms with Gasteiger partial charge in [-0.15, -0.1) is 0 Å². The van der Waals surface area contributed by atoms with E-state index in [1.165, 1.54) is 13.0 Å². The zero-order valence-electron chi connectivity index (χ0n) is 13.0. The Labute approximate surface area is 117 Å². The summed E-state index contributed by atoms with van der Waals surface area (Å²) in [5, 5.41) is 3.42. The Morgan fingerprint density at radius 2 is 2.00 bits per heavy atom. The molecule has 2 saturated heterocycles. The van der Waals surface area contributed by atoms with Crippen LogP contribution in [0.2, 0.25) is 0 Å². The van der Waals surface area contributed by atoms with Gasteiger partial charge in [-0.05, 0) is 45.6 Å². The number of hydrogen-bond acceptors (Lipinski definition) is 3. The monoisotopic (exact) mass is 267 g/mol. The van der Waals surface area contributed by atoms with Crippen molar-refractivity contribution in [1.29, 1.82) is 0 Å². The lowest BCUT2D eigenvalue weighted by molar-refractivity contribution is -0.130. The quantitative estimate of drug-likeness (QED) is 0.839. The minimum Gasteiger partial charge on any atom is -0.325 e. The summed E-state index contributed by atoms with van der Waals surface area (Å²) in [6.07, 6.45) is 1.44. The second kappa shape index (κ2) is 5.80. The van der Waals surface area contributed by atoms with Crippen LogP contribution in [-0.4, -0.2) is 53.6 Å². The molecule has 0 aromatic carbocycles. The van der Waals surface area contributed by atoms with E-state index < -0.39 is 0 Å². The van der Waals surface area contributed by atoms with Gasteiger partial charge in [-0.2, -0.15) is 0 Å². The SMILES string of the molecule is CC1NC(C(C)C)N(CC2CCN(C(C)C)C2)C1=O. The van der Waals surface area contributed by atoms with Gasteiger partial charge in [-0.1, -0.05) is 13.8 Å². The topological polar surface area (TPSA) is 35.6 Å². The molecule has 0 aliphatic carbocycles. The second-order valence-electron chi connectivity index (χ2n) is 6.81. The highest BCUT2D eigenvalue weighted by molar-refractivity contribution is 5.83. The molecule has 3 unspecified atom stereocenters. The first-order chi connectivity index (χ1) is 8.90. The van der Waals surface area contributed by atoms with Gasteiger partial charge in [-0.25, -0.2) is 0 Å². The number of likely N-dealkylation sites (tertiary alicyclic amines) is 1. The molecule has 19 heavy (non-hydrogen) atoms. The Morgan fingerprint density at radius 1 is 1.32 bits per heavy atom. The maximum atomic E-state index is 12.3. The maximum Gasteiger partial charge on any atom is 0.240 e. The van der Waals surface area contributed by atoms with Crippen molar-refractivity contribution in [2.75, 3.05) is 19.6 Å². The zero-order valence-corrected chi connectivity index (χ0v) is 13.0. The molecule has 0 saturated carbocycles. The third-order valence-corrected chi connectivity index (χ3v) is 4.54. The van der Waals surface area contributed by atoms with Crippen molar-refractivity contribution in [3.8, 4) is 0 Å². The fourth-order valence-electron chi connectivity index (χ4n) is 3.32. The van der Waals surface area contributed by atoms with Crippen molar-refractivity contribution in [2.24, 2.45) is 11.8 Å². The molecule has 4 heteroatoms. The van der Waals surface area contributed by atoms with Crippen LogP contribution in [0.3, 0.4) is 0 Å². The van der Waals surface area contributed by atoms with E-state index in [9.17, 15) is 4.79 Å². The molecule has 0 spiro atoms. The Bertz CT molecular complexity index is 329. The van der Waals surface area contributed by atoms with E-state index in [0.717, 1.165) is 13.1 Å². The molecule has 2 heterocycles. The Kier molecular flexibility index (Phi) is 4.51. The molecule has 2 fully saturated rings. The summed E-state index contributed by atoms with van der Waals surface area (Å²) in [6.45, 7) is 14.1. The van der Waals surface area contributed by atoms with Crippen LogP contribution in [-0.2, 0) is 4.79 Å². The molecule has 2 aliphatic rings. The van der Waals surface area contributed by atoms with Gasteiger partial charge < -0.3 is 9.80 Å². The van der Waals surface area contributed by atoms with Crippen LogP contribution < -0.4 is 5.32 Å². The number of nitrogens with zero attached hydrogens (tertiary/aromatic N) is 2. The lowest BCUT2D eigenvalue weighted by Gasteiger charge is -2.30. The van der Waals surface area contributed by atoms with Crippen molar-refractivity contribution in [1.82, 2.24) is 15.1 Å². The molecule has 110 valence electrons. The largest absolute Gasteiger partial charge is 0.325 e. The number of hydrogen-bond donors (Lipinski definition) is 1. The van der Waals surface area contributed by atoms with Crippen molar-refractivity contribution in [3.63, 3.8) is 0 Å². The summed E-state index contributed by atoms with van der Waals surface area (Å²) in [7, 11) is 0. The summed E-state index contributed by atoms with van der Waals surface area (Å²) >= 11 is 0. The van der Waals surface area contributed by atoms with Gasteiger partial charge in [0.25, 0.3) is 0 Å². The van der Waals surface area contributed by atoms with Crippen molar-refractivity contribution >= 4 is 5.91 Å². The fourth-order valence-corrected chi connectivity index (χ4v) is 3.32. The highest BCUT2D eigenvalue weighted by Gasteiger charge is 2.39. The van der Waals surface area contributed by atoms with Gasteiger partial charge in [0.2, 0.25) is 5.91 Å². The third kappa shape index (κ3) is 3.11. The number of amides is 1. The molecule has 3 atom stereocenters. The van der Waals surface area contributed by atoms with Crippen LogP contribution in [0.25, 0.3) is 0 Å². The standard InChI is InChI=1S/C15H29N3O/c1-10(2)14-16-12(5)15(19)18(14)9-13-6-7-17(8-13)11(3)4/h10-14,16H,6-9H2,1-5H3. The molecule has 2 aliphatic heterocycles. The van der Waals surface area contributed by atoms with Crippen LogP contribution in [0.15, 0.2) is 0 Å². The van der Waals surface area contributed by atoms with Gasteiger partial charge in [0.05, 0.1) is 12.2 Å². The van der Waals surface area contributed by atoms with E-state index in [1.807, 2.05) is 6.92 Å². The Balaban J connectivity index is 1.96. The first-order valence-electron chi connectivity index (χ1n) is 7.70. The fraction of sp³-hybridized carbons (Fsp3) is 0.933. The lowest BCUT2D eigenvalue weighted by atomic mass is 10.1. The van der Waals surface area contributed by atoms with Crippen LogP contribution in [0.5, 0.6) is 0 Å². The molecule has 0 bridgehead atoms. The summed E-state index contributed by atoms with van der Waals surface area (Å²) in [5.74, 6) is 1.39. The lowest BCUT2D eigenvalue weighted by Crippen LogP contribution is -2.44. The first-order valence-corrected chi connectivity index (χ1v) is 7.70. The van der Waals surface area contributed by atoms with E-state index in [1.54, 1.807) is 0 Å². The maximum absolute atomic E-state index is 12.3. The second-order valence-corrected chi connectivity index (χ2v) is 6.81. The van der Waals surface area contributed by atoms with Crippen LogP contribution >= 0.6 is 0 Å². The van der Waals surface area contributed by atoms with E-state index in [4.69, 9.17) is 0 Å². The minimum atomic E-state index is -0.0185. The van der Waals surface area contributed by atoms with Crippen molar-refractivity contribution in [3.05, 3.63) is 0 Å². The van der Waals surface area contributed by atoms with Crippen LogP contribution in [0, 0.1) is 11.8 Å². The van der Waals surface area contributed by atoms with Gasteiger partial charge >= 0.3 is 0 Å².